The number of alkyl halides is 9. The number of fused-ring (bicyclic) bond motifs is 3. The smallest absolute Gasteiger partial charge is 0.417 e. The summed E-state index contributed by atoms with van der Waals surface area (Å²) in [5, 5.41) is 0. The number of halogens is 9. The molecule has 31 heavy (non-hydrogen) atoms. The zero-order valence-electron chi connectivity index (χ0n) is 15.1. The highest BCUT2D eigenvalue weighted by molar-refractivity contribution is 6.00. The number of rotatable bonds is 2. The van der Waals surface area contributed by atoms with Crippen molar-refractivity contribution in [2.75, 3.05) is 13.2 Å². The Morgan fingerprint density at radius 2 is 1.84 bits per heavy atom. The SMILES string of the molecule is FC(F)OC1=CC(C(F)(F)F)=CN2C[C@@]3(N=C12)c1ccc(C(F)(F)F)cc1OC[C@@H]3F. The van der Waals surface area contributed by atoms with Crippen molar-refractivity contribution < 1.29 is 49.0 Å². The van der Waals surface area contributed by atoms with Gasteiger partial charge in [-0.1, -0.05) is 6.07 Å². The van der Waals surface area contributed by atoms with Crippen molar-refractivity contribution in [3.63, 3.8) is 0 Å². The number of amidine groups is 1. The van der Waals surface area contributed by atoms with Gasteiger partial charge in [0.25, 0.3) is 0 Å². The van der Waals surface area contributed by atoms with Crippen LogP contribution in [0.15, 0.2) is 46.8 Å². The van der Waals surface area contributed by atoms with Crippen LogP contribution in [0.1, 0.15) is 11.1 Å². The topological polar surface area (TPSA) is 34.1 Å². The maximum atomic E-state index is 15.0. The van der Waals surface area contributed by atoms with E-state index in [0.29, 0.717) is 24.4 Å². The van der Waals surface area contributed by atoms with Crippen molar-refractivity contribution in [3.05, 3.63) is 52.9 Å². The molecular formula is C18H11F9N2O2. The summed E-state index contributed by atoms with van der Waals surface area (Å²) in [6.45, 7) is -4.81. The highest BCUT2D eigenvalue weighted by Crippen LogP contribution is 2.48. The fraction of sp³-hybridized carbons (Fsp3) is 0.389. The summed E-state index contributed by atoms with van der Waals surface area (Å²) >= 11 is 0. The number of allylic oxidation sites excluding steroid dienone is 2. The van der Waals surface area contributed by atoms with Crippen molar-refractivity contribution in [1.82, 2.24) is 4.90 Å². The average Bonchev–Trinajstić information content (AvgIpc) is 3.04. The number of nitrogens with zero attached hydrogens (tertiary/aromatic N) is 2. The van der Waals surface area contributed by atoms with E-state index in [1.54, 1.807) is 0 Å². The molecule has 4 rings (SSSR count). The molecule has 0 aromatic heterocycles. The molecule has 0 N–H and O–H groups in total. The lowest BCUT2D eigenvalue weighted by Crippen LogP contribution is -2.46. The van der Waals surface area contributed by atoms with E-state index < -0.39 is 66.6 Å². The summed E-state index contributed by atoms with van der Waals surface area (Å²) in [4.78, 5) is 4.83. The third kappa shape index (κ3) is 3.59. The summed E-state index contributed by atoms with van der Waals surface area (Å²) in [6, 6.07) is 2.20. The van der Waals surface area contributed by atoms with E-state index in [0.717, 1.165) is 11.0 Å². The molecule has 0 amide bonds. The number of ether oxygens (including phenoxy) is 2. The second-order valence-electron chi connectivity index (χ2n) is 6.94. The van der Waals surface area contributed by atoms with Gasteiger partial charge in [0.15, 0.2) is 17.8 Å². The maximum absolute atomic E-state index is 15.0. The summed E-state index contributed by atoms with van der Waals surface area (Å²) in [5.74, 6) is -1.79. The first-order valence-corrected chi connectivity index (χ1v) is 8.62. The molecule has 0 aliphatic carbocycles. The van der Waals surface area contributed by atoms with Gasteiger partial charge in [-0.2, -0.15) is 35.1 Å². The van der Waals surface area contributed by atoms with Gasteiger partial charge in [0, 0.05) is 11.8 Å². The van der Waals surface area contributed by atoms with E-state index in [1.807, 2.05) is 0 Å². The van der Waals surface area contributed by atoms with Crippen LogP contribution in [0.25, 0.3) is 0 Å². The summed E-state index contributed by atoms with van der Waals surface area (Å²) in [7, 11) is 0. The first-order chi connectivity index (χ1) is 14.3. The van der Waals surface area contributed by atoms with Crippen LogP contribution in [-0.2, 0) is 16.5 Å². The molecule has 3 heterocycles. The lowest BCUT2D eigenvalue weighted by atomic mass is 9.83. The van der Waals surface area contributed by atoms with E-state index in [4.69, 9.17) is 4.74 Å². The van der Waals surface area contributed by atoms with Gasteiger partial charge in [-0.3, -0.25) is 0 Å². The Labute approximate surface area is 168 Å². The van der Waals surface area contributed by atoms with Crippen LogP contribution >= 0.6 is 0 Å². The Hall–Kier alpha value is -2.86. The molecule has 1 aromatic rings. The molecule has 3 aliphatic rings. The molecule has 0 unspecified atom stereocenters. The molecule has 2 atom stereocenters. The van der Waals surface area contributed by atoms with Crippen molar-refractivity contribution in [2.45, 2.75) is 30.7 Å². The van der Waals surface area contributed by atoms with Crippen LogP contribution in [0.4, 0.5) is 39.5 Å². The Morgan fingerprint density at radius 3 is 2.45 bits per heavy atom. The highest BCUT2D eigenvalue weighted by atomic mass is 19.4. The van der Waals surface area contributed by atoms with E-state index >= 15 is 0 Å². The van der Waals surface area contributed by atoms with Gasteiger partial charge < -0.3 is 14.4 Å². The molecule has 0 saturated carbocycles. The third-order valence-corrected chi connectivity index (χ3v) is 5.01. The minimum Gasteiger partial charge on any atom is -0.490 e. The van der Waals surface area contributed by atoms with Crippen LogP contribution in [0.5, 0.6) is 5.75 Å². The first kappa shape index (κ1) is 21.4. The van der Waals surface area contributed by atoms with Crippen molar-refractivity contribution in [3.8, 4) is 5.75 Å². The minimum atomic E-state index is -4.93. The summed E-state index contributed by atoms with van der Waals surface area (Å²) < 4.78 is 128. The van der Waals surface area contributed by atoms with Crippen LogP contribution in [0.2, 0.25) is 0 Å². The molecule has 4 nitrogen and oxygen atoms in total. The van der Waals surface area contributed by atoms with E-state index in [1.165, 1.54) is 0 Å². The molecular weight excluding hydrogens is 447 g/mol. The Balaban J connectivity index is 1.83. The number of hydrogen-bond donors (Lipinski definition) is 0. The normalized spacial score (nSPS) is 25.5. The van der Waals surface area contributed by atoms with Crippen LogP contribution < -0.4 is 4.74 Å². The van der Waals surface area contributed by atoms with Gasteiger partial charge in [0.2, 0.25) is 0 Å². The lowest BCUT2D eigenvalue weighted by Gasteiger charge is -2.36. The average molecular weight is 458 g/mol. The maximum Gasteiger partial charge on any atom is 0.417 e. The van der Waals surface area contributed by atoms with Crippen molar-refractivity contribution >= 4 is 5.84 Å². The molecule has 1 aromatic carbocycles. The predicted molar refractivity (Wildman–Crippen MR) is 87.0 cm³/mol. The van der Waals surface area contributed by atoms with Gasteiger partial charge in [-0.25, -0.2) is 9.38 Å². The minimum absolute atomic E-state index is 0.153. The molecule has 1 spiro atoms. The lowest BCUT2D eigenvalue weighted by molar-refractivity contribution is -0.137. The molecule has 3 aliphatic heterocycles. The third-order valence-electron chi connectivity index (χ3n) is 5.01. The fourth-order valence-electron chi connectivity index (χ4n) is 3.63. The second kappa shape index (κ2) is 6.82. The van der Waals surface area contributed by atoms with E-state index in [2.05, 4.69) is 9.73 Å². The quantitative estimate of drug-likeness (QED) is 0.590. The Kier molecular flexibility index (Phi) is 4.70. The van der Waals surface area contributed by atoms with Gasteiger partial charge in [-0.15, -0.1) is 0 Å². The summed E-state index contributed by atoms with van der Waals surface area (Å²) in [6.07, 6.45) is -10.8. The summed E-state index contributed by atoms with van der Waals surface area (Å²) in [5.41, 5.74) is -4.55. The molecule has 0 saturated heterocycles. The first-order valence-electron chi connectivity index (χ1n) is 8.62. The molecule has 0 radical (unpaired) electrons. The van der Waals surface area contributed by atoms with Crippen molar-refractivity contribution in [1.29, 1.82) is 0 Å². The van der Waals surface area contributed by atoms with Gasteiger partial charge in [0.1, 0.15) is 17.9 Å². The Morgan fingerprint density at radius 1 is 1.13 bits per heavy atom. The number of hydrogen-bond acceptors (Lipinski definition) is 4. The standard InChI is InChI=1S/C18H11F9N2O2/c19-13-6-30-11-3-8(17(22,23)24)1-2-10(11)16(13)7-29-5-9(18(25,26)27)4-12(14(29)28-16)31-15(20)21/h1-5,13,15H,6-7H2/t13-,16+/m0/s1. The molecule has 168 valence electrons. The molecule has 0 fully saturated rings. The zero-order valence-corrected chi connectivity index (χ0v) is 15.1. The highest BCUT2D eigenvalue weighted by Gasteiger charge is 2.54. The molecule has 0 bridgehead atoms. The van der Waals surface area contributed by atoms with Gasteiger partial charge >= 0.3 is 19.0 Å². The van der Waals surface area contributed by atoms with Gasteiger partial charge in [0.05, 0.1) is 17.7 Å². The van der Waals surface area contributed by atoms with Gasteiger partial charge in [-0.05, 0) is 18.2 Å². The molecule has 13 heteroatoms. The largest absolute Gasteiger partial charge is 0.490 e. The second-order valence-corrected chi connectivity index (χ2v) is 6.94. The monoisotopic (exact) mass is 458 g/mol. The predicted octanol–water partition coefficient (Wildman–Crippen LogP) is 4.93. The van der Waals surface area contributed by atoms with E-state index in [9.17, 15) is 39.5 Å². The number of benzene rings is 1. The van der Waals surface area contributed by atoms with Crippen LogP contribution in [-0.4, -0.2) is 42.8 Å². The van der Waals surface area contributed by atoms with Crippen LogP contribution in [0.3, 0.4) is 0 Å². The van der Waals surface area contributed by atoms with E-state index in [-0.39, 0.29) is 11.3 Å². The number of aliphatic imine (C=N–C) groups is 1. The zero-order chi connectivity index (χ0) is 22.8. The van der Waals surface area contributed by atoms with Crippen molar-refractivity contribution in [2.24, 2.45) is 4.99 Å². The fourth-order valence-corrected chi connectivity index (χ4v) is 3.63. The van der Waals surface area contributed by atoms with Crippen LogP contribution in [0, 0.1) is 0 Å². The Bertz CT molecular complexity index is 997.